The number of halogens is 1. The maximum Gasteiger partial charge on any atom is 0.267 e. The molecule has 2 aromatic carbocycles. The Morgan fingerprint density at radius 1 is 1.00 bits per heavy atom. The topological polar surface area (TPSA) is 53.4 Å². The average molecular weight is 352 g/mol. The van der Waals surface area contributed by atoms with Gasteiger partial charge < -0.3 is 9.47 Å². The molecule has 5 nitrogen and oxygen atoms in total. The Hall–Kier alpha value is -3.15. The first-order valence-corrected chi connectivity index (χ1v) is 8.42. The van der Waals surface area contributed by atoms with Crippen LogP contribution in [0.25, 0.3) is 11.3 Å². The smallest absolute Gasteiger partial charge is 0.267 e. The third kappa shape index (κ3) is 3.44. The Morgan fingerprint density at radius 3 is 2.69 bits per heavy atom. The van der Waals surface area contributed by atoms with Gasteiger partial charge in [0.25, 0.3) is 5.56 Å². The first-order valence-electron chi connectivity index (χ1n) is 8.42. The highest BCUT2D eigenvalue weighted by Gasteiger charge is 2.13. The number of benzene rings is 2. The first-order chi connectivity index (χ1) is 12.7. The lowest BCUT2D eigenvalue weighted by Gasteiger charge is -2.10. The molecule has 0 saturated carbocycles. The first kappa shape index (κ1) is 16.3. The Kier molecular flexibility index (Phi) is 4.39. The van der Waals surface area contributed by atoms with Crippen molar-refractivity contribution in [2.75, 3.05) is 13.2 Å². The van der Waals surface area contributed by atoms with Crippen LogP contribution in [-0.4, -0.2) is 23.0 Å². The second-order valence-corrected chi connectivity index (χ2v) is 6.06. The Bertz CT molecular complexity index is 1000. The minimum absolute atomic E-state index is 0.203. The summed E-state index contributed by atoms with van der Waals surface area (Å²) in [6.07, 6.45) is 0.834. The molecule has 2 heterocycles. The second-order valence-electron chi connectivity index (χ2n) is 6.06. The van der Waals surface area contributed by atoms with Crippen molar-refractivity contribution in [1.29, 1.82) is 0 Å². The summed E-state index contributed by atoms with van der Waals surface area (Å²) < 4.78 is 26.0. The van der Waals surface area contributed by atoms with Crippen LogP contribution in [0.5, 0.6) is 11.5 Å². The van der Waals surface area contributed by atoms with Crippen molar-refractivity contribution in [3.8, 4) is 22.8 Å². The number of aromatic nitrogens is 2. The van der Waals surface area contributed by atoms with Crippen LogP contribution in [0.1, 0.15) is 12.0 Å². The molecule has 0 saturated heterocycles. The summed E-state index contributed by atoms with van der Waals surface area (Å²) in [6, 6.07) is 14.9. The lowest BCUT2D eigenvalue weighted by Crippen LogP contribution is -2.22. The van der Waals surface area contributed by atoms with Crippen molar-refractivity contribution in [1.82, 2.24) is 9.78 Å². The van der Waals surface area contributed by atoms with Crippen molar-refractivity contribution in [3.63, 3.8) is 0 Å². The normalized spacial score (nSPS) is 13.3. The highest BCUT2D eigenvalue weighted by atomic mass is 19.1. The predicted molar refractivity (Wildman–Crippen MR) is 95.0 cm³/mol. The molecular weight excluding hydrogens is 335 g/mol. The molecule has 0 amide bonds. The molecule has 1 aliphatic heterocycles. The molecule has 0 bridgehead atoms. The van der Waals surface area contributed by atoms with E-state index in [0.717, 1.165) is 12.0 Å². The molecule has 0 N–H and O–H groups in total. The summed E-state index contributed by atoms with van der Waals surface area (Å²) >= 11 is 0. The highest BCUT2D eigenvalue weighted by Crippen LogP contribution is 2.33. The van der Waals surface area contributed by atoms with E-state index in [1.54, 1.807) is 18.2 Å². The molecule has 1 aromatic heterocycles. The third-order valence-corrected chi connectivity index (χ3v) is 4.13. The predicted octanol–water partition coefficient (Wildman–Crippen LogP) is 3.26. The van der Waals surface area contributed by atoms with Gasteiger partial charge >= 0.3 is 0 Å². The highest BCUT2D eigenvalue weighted by molar-refractivity contribution is 5.63. The quantitative estimate of drug-likeness (QED) is 0.726. The van der Waals surface area contributed by atoms with Gasteiger partial charge in [0.1, 0.15) is 5.82 Å². The zero-order chi connectivity index (χ0) is 17.9. The molecule has 26 heavy (non-hydrogen) atoms. The Balaban J connectivity index is 1.68. The summed E-state index contributed by atoms with van der Waals surface area (Å²) in [4.78, 5) is 12.1. The number of nitrogens with zero attached hydrogens (tertiary/aromatic N) is 2. The van der Waals surface area contributed by atoms with Crippen LogP contribution >= 0.6 is 0 Å². The van der Waals surface area contributed by atoms with Crippen LogP contribution in [0.2, 0.25) is 0 Å². The molecule has 0 unspecified atom stereocenters. The molecule has 3 aromatic rings. The zero-order valence-electron chi connectivity index (χ0n) is 14.0. The van der Waals surface area contributed by atoms with E-state index in [1.165, 1.54) is 22.9 Å². The maximum absolute atomic E-state index is 13.4. The lowest BCUT2D eigenvalue weighted by molar-refractivity contribution is 0.297. The van der Waals surface area contributed by atoms with Crippen molar-refractivity contribution < 1.29 is 13.9 Å². The summed E-state index contributed by atoms with van der Waals surface area (Å²) in [7, 11) is 0. The molecule has 0 fully saturated rings. The maximum atomic E-state index is 13.4. The molecule has 0 atom stereocenters. The van der Waals surface area contributed by atoms with E-state index in [-0.39, 0.29) is 17.9 Å². The number of hydrogen-bond donors (Lipinski definition) is 0. The van der Waals surface area contributed by atoms with Gasteiger partial charge in [-0.05, 0) is 42.0 Å². The molecule has 0 radical (unpaired) electrons. The van der Waals surface area contributed by atoms with Crippen LogP contribution in [-0.2, 0) is 6.54 Å². The van der Waals surface area contributed by atoms with Crippen LogP contribution in [0.15, 0.2) is 59.4 Å². The fourth-order valence-corrected chi connectivity index (χ4v) is 2.85. The molecule has 132 valence electrons. The standard InChI is InChI=1S/C20H17FN2O3/c21-16-4-1-3-14(11-16)13-23-20(24)8-6-17(22-23)15-5-7-18-19(12-15)26-10-2-9-25-18/h1,3-8,11-12H,2,9-10,13H2. The number of ether oxygens (including phenoxy) is 2. The monoisotopic (exact) mass is 352 g/mol. The molecule has 0 spiro atoms. The fourth-order valence-electron chi connectivity index (χ4n) is 2.85. The van der Waals surface area contributed by atoms with Gasteiger partial charge in [-0.15, -0.1) is 0 Å². The number of rotatable bonds is 3. The molecule has 6 heteroatoms. The molecular formula is C20H17FN2O3. The van der Waals surface area contributed by atoms with Gasteiger partial charge in [0.15, 0.2) is 11.5 Å². The largest absolute Gasteiger partial charge is 0.490 e. The lowest BCUT2D eigenvalue weighted by atomic mass is 10.1. The van der Waals surface area contributed by atoms with Crippen LogP contribution in [0.4, 0.5) is 4.39 Å². The van der Waals surface area contributed by atoms with Gasteiger partial charge in [0, 0.05) is 18.1 Å². The van der Waals surface area contributed by atoms with Crippen molar-refractivity contribution >= 4 is 0 Å². The zero-order valence-corrected chi connectivity index (χ0v) is 14.0. The third-order valence-electron chi connectivity index (χ3n) is 4.13. The van der Waals surface area contributed by atoms with Gasteiger partial charge in [-0.25, -0.2) is 9.07 Å². The second kappa shape index (κ2) is 7.00. The van der Waals surface area contributed by atoms with E-state index >= 15 is 0 Å². The van der Waals surface area contributed by atoms with Crippen molar-refractivity contribution in [2.24, 2.45) is 0 Å². The van der Waals surface area contributed by atoms with Crippen molar-refractivity contribution in [2.45, 2.75) is 13.0 Å². The van der Waals surface area contributed by atoms with E-state index in [9.17, 15) is 9.18 Å². The van der Waals surface area contributed by atoms with E-state index < -0.39 is 0 Å². The summed E-state index contributed by atoms with van der Waals surface area (Å²) in [5.74, 6) is 1.04. The van der Waals surface area contributed by atoms with Crippen molar-refractivity contribution in [3.05, 3.63) is 76.3 Å². The molecule has 4 rings (SSSR count). The Morgan fingerprint density at radius 2 is 1.85 bits per heavy atom. The van der Waals surface area contributed by atoms with E-state index in [2.05, 4.69) is 5.10 Å². The van der Waals surface area contributed by atoms with Crippen LogP contribution in [0.3, 0.4) is 0 Å². The van der Waals surface area contributed by atoms with Gasteiger partial charge in [-0.1, -0.05) is 12.1 Å². The summed E-state index contributed by atoms with van der Waals surface area (Å²) in [5.41, 5.74) is 1.89. The minimum Gasteiger partial charge on any atom is -0.490 e. The molecule has 0 aliphatic carbocycles. The minimum atomic E-state index is -0.338. The number of hydrogen-bond acceptors (Lipinski definition) is 4. The Labute approximate surface area is 149 Å². The van der Waals surface area contributed by atoms with E-state index in [1.807, 2.05) is 18.2 Å². The molecule has 1 aliphatic rings. The summed E-state index contributed by atoms with van der Waals surface area (Å²) in [6.45, 7) is 1.43. The van der Waals surface area contributed by atoms with Gasteiger partial charge in [0.2, 0.25) is 0 Å². The number of fused-ring (bicyclic) bond motifs is 1. The van der Waals surface area contributed by atoms with Crippen LogP contribution in [0, 0.1) is 5.82 Å². The summed E-state index contributed by atoms with van der Waals surface area (Å²) in [5, 5.41) is 4.43. The van der Waals surface area contributed by atoms with Gasteiger partial charge in [0.05, 0.1) is 25.5 Å². The SMILES string of the molecule is O=c1ccc(-c2ccc3c(c2)OCCCO3)nn1Cc1cccc(F)c1. The van der Waals surface area contributed by atoms with Gasteiger partial charge in [-0.3, -0.25) is 4.79 Å². The average Bonchev–Trinajstić information content (AvgIpc) is 2.88. The van der Waals surface area contributed by atoms with Gasteiger partial charge in [-0.2, -0.15) is 5.10 Å². The van der Waals surface area contributed by atoms with Crippen LogP contribution < -0.4 is 15.0 Å². The van der Waals surface area contributed by atoms with E-state index in [0.29, 0.717) is 36.0 Å². The fraction of sp³-hybridized carbons (Fsp3) is 0.200. The van der Waals surface area contributed by atoms with E-state index in [4.69, 9.17) is 9.47 Å².